The Morgan fingerprint density at radius 3 is 2.31 bits per heavy atom. The van der Waals surface area contributed by atoms with Gasteiger partial charge in [0.25, 0.3) is 0 Å². The Kier molecular flexibility index (Phi) is 7.19. The molecule has 1 amide bonds. The van der Waals surface area contributed by atoms with Crippen molar-refractivity contribution in [3.63, 3.8) is 0 Å². The van der Waals surface area contributed by atoms with Crippen LogP contribution in [0.25, 0.3) is 0 Å². The number of nitrogens with zero attached hydrogens (tertiary/aromatic N) is 3. The number of benzene rings is 2. The van der Waals surface area contributed by atoms with E-state index in [2.05, 4.69) is 4.90 Å². The van der Waals surface area contributed by atoms with Crippen LogP contribution in [0.3, 0.4) is 0 Å². The number of rotatable bonds is 6. The van der Waals surface area contributed by atoms with E-state index in [1.54, 1.807) is 41.3 Å². The lowest BCUT2D eigenvalue weighted by molar-refractivity contribution is -0.133. The molecule has 1 fully saturated rings. The summed E-state index contributed by atoms with van der Waals surface area (Å²) in [5.41, 5.74) is 0.585. The van der Waals surface area contributed by atoms with Gasteiger partial charge in [0, 0.05) is 42.8 Å². The molecule has 2 aromatic carbocycles. The zero-order valence-corrected chi connectivity index (χ0v) is 18.4. The largest absolute Gasteiger partial charge is 0.339 e. The van der Waals surface area contributed by atoms with Gasteiger partial charge in [0.1, 0.15) is 0 Å². The average molecular weight is 456 g/mol. The molecule has 29 heavy (non-hydrogen) atoms. The van der Waals surface area contributed by atoms with Crippen LogP contribution in [-0.2, 0) is 21.4 Å². The van der Waals surface area contributed by atoms with E-state index >= 15 is 0 Å². The second-order valence-electron chi connectivity index (χ2n) is 7.01. The van der Waals surface area contributed by atoms with Crippen molar-refractivity contribution in [3.05, 3.63) is 64.1 Å². The van der Waals surface area contributed by atoms with E-state index in [1.165, 1.54) is 16.4 Å². The van der Waals surface area contributed by atoms with E-state index < -0.39 is 10.0 Å². The summed E-state index contributed by atoms with van der Waals surface area (Å²) in [6.45, 7) is 2.42. The molecule has 0 aromatic heterocycles. The van der Waals surface area contributed by atoms with Crippen molar-refractivity contribution in [1.29, 1.82) is 0 Å². The van der Waals surface area contributed by atoms with Gasteiger partial charge in [-0.15, -0.1) is 0 Å². The molecule has 1 heterocycles. The van der Waals surface area contributed by atoms with Crippen LogP contribution in [0.2, 0.25) is 10.0 Å². The SMILES string of the molecule is CN1CCN(C(=O)CN(Cc2ccc(Cl)cc2Cl)S(=O)(=O)c2ccccc2)CC1. The van der Waals surface area contributed by atoms with Crippen LogP contribution in [0.1, 0.15) is 5.56 Å². The van der Waals surface area contributed by atoms with E-state index in [-0.39, 0.29) is 23.9 Å². The minimum atomic E-state index is -3.89. The Hall–Kier alpha value is -1.64. The van der Waals surface area contributed by atoms with Crippen LogP contribution in [0.5, 0.6) is 0 Å². The molecule has 0 aliphatic carbocycles. The van der Waals surface area contributed by atoms with E-state index in [0.717, 1.165) is 13.1 Å². The molecule has 9 heteroatoms. The molecule has 0 bridgehead atoms. The standard InChI is InChI=1S/C20H23Cl2N3O3S/c1-23-9-11-24(12-10-23)20(26)15-25(14-16-7-8-17(21)13-19(16)22)29(27,28)18-5-3-2-4-6-18/h2-8,13H,9-12,14-15H2,1H3. The molecule has 1 saturated heterocycles. The van der Waals surface area contributed by atoms with Crippen LogP contribution < -0.4 is 0 Å². The van der Waals surface area contributed by atoms with Crippen molar-refractivity contribution in [1.82, 2.24) is 14.1 Å². The molecular weight excluding hydrogens is 433 g/mol. The van der Waals surface area contributed by atoms with Crippen LogP contribution >= 0.6 is 23.2 Å². The van der Waals surface area contributed by atoms with Crippen molar-refractivity contribution in [2.24, 2.45) is 0 Å². The van der Waals surface area contributed by atoms with Crippen LogP contribution in [0.4, 0.5) is 0 Å². The fourth-order valence-electron chi connectivity index (χ4n) is 3.11. The average Bonchev–Trinajstić information content (AvgIpc) is 2.70. The van der Waals surface area contributed by atoms with Crippen LogP contribution in [0, 0.1) is 0 Å². The van der Waals surface area contributed by atoms with Crippen molar-refractivity contribution in [3.8, 4) is 0 Å². The Balaban J connectivity index is 1.88. The van der Waals surface area contributed by atoms with Crippen molar-refractivity contribution in [2.45, 2.75) is 11.4 Å². The first-order valence-electron chi connectivity index (χ1n) is 9.23. The summed E-state index contributed by atoms with van der Waals surface area (Å²) in [4.78, 5) is 16.8. The second-order valence-corrected chi connectivity index (χ2v) is 9.79. The maximum atomic E-state index is 13.3. The quantitative estimate of drug-likeness (QED) is 0.671. The first-order chi connectivity index (χ1) is 13.8. The van der Waals surface area contributed by atoms with Gasteiger partial charge < -0.3 is 9.80 Å². The number of piperazine rings is 1. The van der Waals surface area contributed by atoms with Gasteiger partial charge in [-0.05, 0) is 36.9 Å². The number of halogens is 2. The molecule has 0 N–H and O–H groups in total. The smallest absolute Gasteiger partial charge is 0.243 e. The van der Waals surface area contributed by atoms with Crippen LogP contribution in [0.15, 0.2) is 53.4 Å². The minimum absolute atomic E-state index is 0.0211. The molecule has 3 rings (SSSR count). The predicted molar refractivity (Wildman–Crippen MR) is 115 cm³/mol. The molecule has 2 aromatic rings. The number of sulfonamides is 1. The summed E-state index contributed by atoms with van der Waals surface area (Å²) in [5, 5.41) is 0.822. The number of amides is 1. The third-order valence-electron chi connectivity index (χ3n) is 4.91. The lowest BCUT2D eigenvalue weighted by atomic mass is 10.2. The number of carbonyl (C=O) groups is 1. The highest BCUT2D eigenvalue weighted by Gasteiger charge is 2.30. The zero-order chi connectivity index (χ0) is 21.0. The number of hydrogen-bond donors (Lipinski definition) is 0. The third kappa shape index (κ3) is 5.49. The number of carbonyl (C=O) groups excluding carboxylic acids is 1. The summed E-state index contributed by atoms with van der Waals surface area (Å²) in [6.07, 6.45) is 0. The van der Waals surface area contributed by atoms with Crippen molar-refractivity contribution < 1.29 is 13.2 Å². The van der Waals surface area contributed by atoms with Gasteiger partial charge >= 0.3 is 0 Å². The lowest BCUT2D eigenvalue weighted by Crippen LogP contribution is -2.50. The Bertz CT molecular complexity index is 962. The second kappa shape index (κ2) is 9.45. The van der Waals surface area contributed by atoms with Gasteiger partial charge in [-0.3, -0.25) is 4.79 Å². The minimum Gasteiger partial charge on any atom is -0.339 e. The molecule has 1 aliphatic rings. The molecule has 156 valence electrons. The molecule has 1 aliphatic heterocycles. The Morgan fingerprint density at radius 2 is 1.69 bits per heavy atom. The van der Waals surface area contributed by atoms with E-state index in [9.17, 15) is 13.2 Å². The van der Waals surface area contributed by atoms with Crippen LogP contribution in [-0.4, -0.2) is 68.2 Å². The van der Waals surface area contributed by atoms with Gasteiger partial charge in [-0.25, -0.2) is 8.42 Å². The highest BCUT2D eigenvalue weighted by atomic mass is 35.5. The first-order valence-corrected chi connectivity index (χ1v) is 11.4. The van der Waals surface area contributed by atoms with Gasteiger partial charge in [-0.1, -0.05) is 47.5 Å². The molecule has 0 atom stereocenters. The summed E-state index contributed by atoms with van der Waals surface area (Å²) in [5.74, 6) is -0.220. The first kappa shape index (κ1) is 22.1. The molecular formula is C20H23Cl2N3O3S. The summed E-state index contributed by atoms with van der Waals surface area (Å²) in [7, 11) is -1.89. The van der Waals surface area contributed by atoms with E-state index in [1.807, 2.05) is 7.05 Å². The maximum absolute atomic E-state index is 13.3. The number of likely N-dealkylation sites (N-methyl/N-ethyl adjacent to an activating group) is 1. The molecule has 0 unspecified atom stereocenters. The Morgan fingerprint density at radius 1 is 1.03 bits per heavy atom. The van der Waals surface area contributed by atoms with Crippen molar-refractivity contribution >= 4 is 39.1 Å². The fraction of sp³-hybridized carbons (Fsp3) is 0.350. The van der Waals surface area contributed by atoms with Crippen molar-refractivity contribution in [2.75, 3.05) is 39.8 Å². The third-order valence-corrected chi connectivity index (χ3v) is 7.30. The topological polar surface area (TPSA) is 60.9 Å². The molecule has 0 spiro atoms. The zero-order valence-electron chi connectivity index (χ0n) is 16.1. The maximum Gasteiger partial charge on any atom is 0.243 e. The van der Waals surface area contributed by atoms with Gasteiger partial charge in [0.15, 0.2) is 0 Å². The lowest BCUT2D eigenvalue weighted by Gasteiger charge is -2.33. The van der Waals surface area contributed by atoms with E-state index in [0.29, 0.717) is 28.7 Å². The highest BCUT2D eigenvalue weighted by Crippen LogP contribution is 2.25. The summed E-state index contributed by atoms with van der Waals surface area (Å²) in [6, 6.07) is 13.0. The predicted octanol–water partition coefficient (Wildman–Crippen LogP) is 2.96. The normalized spacial score (nSPS) is 15.7. The molecule has 6 nitrogen and oxygen atoms in total. The van der Waals surface area contributed by atoms with Gasteiger partial charge in [0.2, 0.25) is 15.9 Å². The Labute approximate surface area is 181 Å². The van der Waals surface area contributed by atoms with Gasteiger partial charge in [0.05, 0.1) is 11.4 Å². The summed E-state index contributed by atoms with van der Waals surface area (Å²) < 4.78 is 27.7. The summed E-state index contributed by atoms with van der Waals surface area (Å²) >= 11 is 12.2. The van der Waals surface area contributed by atoms with E-state index in [4.69, 9.17) is 23.2 Å². The number of hydrogen-bond acceptors (Lipinski definition) is 4. The fourth-order valence-corrected chi connectivity index (χ4v) is 4.97. The molecule has 0 radical (unpaired) electrons. The molecule has 0 saturated carbocycles. The van der Waals surface area contributed by atoms with Gasteiger partial charge in [-0.2, -0.15) is 4.31 Å². The monoisotopic (exact) mass is 455 g/mol. The highest BCUT2D eigenvalue weighted by molar-refractivity contribution is 7.89.